The standard InChI is InChI=1S/C8H14F2O/c1-5(2)8(4,6(3)11)7(9)10/h5,7H,1-4H3/t8-/m0/s1. The molecular weight excluding hydrogens is 150 g/mol. The van der Waals surface area contributed by atoms with Crippen molar-refractivity contribution < 1.29 is 13.6 Å². The van der Waals surface area contributed by atoms with Gasteiger partial charge in [-0.05, 0) is 19.8 Å². The van der Waals surface area contributed by atoms with Gasteiger partial charge >= 0.3 is 0 Å². The third-order valence-corrected chi connectivity index (χ3v) is 2.41. The van der Waals surface area contributed by atoms with Crippen molar-refractivity contribution in [1.82, 2.24) is 0 Å². The molecule has 0 aromatic heterocycles. The smallest absolute Gasteiger partial charge is 0.251 e. The lowest BCUT2D eigenvalue weighted by molar-refractivity contribution is -0.138. The van der Waals surface area contributed by atoms with Crippen molar-refractivity contribution in [2.45, 2.75) is 34.1 Å². The summed E-state index contributed by atoms with van der Waals surface area (Å²) in [7, 11) is 0. The van der Waals surface area contributed by atoms with E-state index in [4.69, 9.17) is 0 Å². The molecule has 1 atom stereocenters. The summed E-state index contributed by atoms with van der Waals surface area (Å²) >= 11 is 0. The summed E-state index contributed by atoms with van der Waals surface area (Å²) in [5, 5.41) is 0. The van der Waals surface area contributed by atoms with Gasteiger partial charge in [0.1, 0.15) is 5.78 Å². The van der Waals surface area contributed by atoms with E-state index < -0.39 is 17.6 Å². The normalized spacial score (nSPS) is 17.1. The summed E-state index contributed by atoms with van der Waals surface area (Å²) in [6, 6.07) is 0. The van der Waals surface area contributed by atoms with Crippen molar-refractivity contribution in [2.75, 3.05) is 0 Å². The van der Waals surface area contributed by atoms with Gasteiger partial charge in [0.25, 0.3) is 6.43 Å². The zero-order chi connectivity index (χ0) is 9.23. The van der Waals surface area contributed by atoms with E-state index in [1.165, 1.54) is 13.8 Å². The number of carbonyl (C=O) groups excluding carboxylic acids is 1. The van der Waals surface area contributed by atoms with Gasteiger partial charge in [0, 0.05) is 0 Å². The molecule has 0 fully saturated rings. The molecule has 0 aliphatic heterocycles. The molecule has 0 aromatic carbocycles. The Morgan fingerprint density at radius 1 is 1.36 bits per heavy atom. The largest absolute Gasteiger partial charge is 0.299 e. The molecule has 0 heterocycles. The predicted octanol–water partition coefficient (Wildman–Crippen LogP) is 2.50. The summed E-state index contributed by atoms with van der Waals surface area (Å²) in [5.74, 6) is -0.762. The summed E-state index contributed by atoms with van der Waals surface area (Å²) in [6.45, 7) is 5.79. The number of rotatable bonds is 3. The van der Waals surface area contributed by atoms with Crippen molar-refractivity contribution >= 4 is 5.78 Å². The van der Waals surface area contributed by atoms with Gasteiger partial charge in [0.2, 0.25) is 0 Å². The Bertz CT molecular complexity index is 144. The summed E-state index contributed by atoms with van der Waals surface area (Å²) in [6.07, 6.45) is -2.57. The monoisotopic (exact) mass is 164 g/mol. The number of carbonyl (C=O) groups is 1. The van der Waals surface area contributed by atoms with Crippen LogP contribution in [0.15, 0.2) is 0 Å². The van der Waals surface area contributed by atoms with E-state index in [9.17, 15) is 13.6 Å². The van der Waals surface area contributed by atoms with Crippen LogP contribution in [-0.2, 0) is 4.79 Å². The highest BCUT2D eigenvalue weighted by atomic mass is 19.3. The Balaban J connectivity index is 4.67. The van der Waals surface area contributed by atoms with Gasteiger partial charge in [-0.15, -0.1) is 0 Å². The number of Topliss-reactive ketones (excluding diaryl/α,β-unsaturated/α-hetero) is 1. The summed E-state index contributed by atoms with van der Waals surface area (Å²) < 4.78 is 24.7. The first-order chi connectivity index (χ1) is 4.83. The molecule has 0 saturated carbocycles. The molecule has 0 aliphatic rings. The lowest BCUT2D eigenvalue weighted by atomic mass is 9.76. The Labute approximate surface area is 65.8 Å². The maximum absolute atomic E-state index is 12.4. The number of halogens is 2. The SMILES string of the molecule is CC(=O)[C@](C)(C(C)C)C(F)F. The van der Waals surface area contributed by atoms with Crippen molar-refractivity contribution in [3.8, 4) is 0 Å². The van der Waals surface area contributed by atoms with Gasteiger partial charge in [-0.25, -0.2) is 8.78 Å². The molecule has 0 radical (unpaired) electrons. The van der Waals surface area contributed by atoms with Crippen LogP contribution in [0.3, 0.4) is 0 Å². The second-order valence-electron chi connectivity index (χ2n) is 3.29. The van der Waals surface area contributed by atoms with E-state index in [0.717, 1.165) is 0 Å². The van der Waals surface area contributed by atoms with E-state index in [-0.39, 0.29) is 5.92 Å². The van der Waals surface area contributed by atoms with Crippen LogP contribution in [0.4, 0.5) is 8.78 Å². The zero-order valence-corrected chi connectivity index (χ0v) is 7.32. The lowest BCUT2D eigenvalue weighted by Gasteiger charge is -2.29. The predicted molar refractivity (Wildman–Crippen MR) is 39.6 cm³/mol. The molecule has 0 unspecified atom stereocenters. The Morgan fingerprint density at radius 3 is 1.73 bits per heavy atom. The van der Waals surface area contributed by atoms with Crippen LogP contribution in [0.1, 0.15) is 27.7 Å². The molecule has 0 spiro atoms. The molecule has 0 amide bonds. The first kappa shape index (κ1) is 10.5. The van der Waals surface area contributed by atoms with Crippen LogP contribution in [0.25, 0.3) is 0 Å². The Kier molecular flexibility index (Phi) is 3.14. The molecule has 0 aromatic rings. The molecule has 66 valence electrons. The lowest BCUT2D eigenvalue weighted by Crippen LogP contribution is -2.38. The van der Waals surface area contributed by atoms with Crippen LogP contribution >= 0.6 is 0 Å². The fourth-order valence-corrected chi connectivity index (χ4v) is 0.812. The van der Waals surface area contributed by atoms with Gasteiger partial charge in [0.05, 0.1) is 5.41 Å². The van der Waals surface area contributed by atoms with Gasteiger partial charge < -0.3 is 0 Å². The second kappa shape index (κ2) is 3.28. The topological polar surface area (TPSA) is 17.1 Å². The van der Waals surface area contributed by atoms with Gasteiger partial charge in [-0.1, -0.05) is 13.8 Å². The zero-order valence-electron chi connectivity index (χ0n) is 7.32. The van der Waals surface area contributed by atoms with Crippen molar-refractivity contribution in [2.24, 2.45) is 11.3 Å². The number of ketones is 1. The highest BCUT2D eigenvalue weighted by Gasteiger charge is 2.42. The minimum absolute atomic E-state index is 0.319. The number of hydrogen-bond donors (Lipinski definition) is 0. The summed E-state index contributed by atoms with van der Waals surface area (Å²) in [5.41, 5.74) is -1.47. The molecule has 0 rings (SSSR count). The van der Waals surface area contributed by atoms with Crippen LogP contribution in [0.5, 0.6) is 0 Å². The van der Waals surface area contributed by atoms with Crippen molar-refractivity contribution in [3.05, 3.63) is 0 Å². The number of hydrogen-bond acceptors (Lipinski definition) is 1. The maximum Gasteiger partial charge on any atom is 0.251 e. The van der Waals surface area contributed by atoms with Crippen LogP contribution < -0.4 is 0 Å². The molecule has 0 N–H and O–H groups in total. The highest BCUT2D eigenvalue weighted by molar-refractivity contribution is 5.82. The highest BCUT2D eigenvalue weighted by Crippen LogP contribution is 2.34. The average Bonchev–Trinajstić information content (AvgIpc) is 1.84. The molecule has 0 bridgehead atoms. The van der Waals surface area contributed by atoms with Crippen LogP contribution in [0, 0.1) is 11.3 Å². The van der Waals surface area contributed by atoms with E-state index in [1.807, 2.05) is 0 Å². The quantitative estimate of drug-likeness (QED) is 0.626. The number of alkyl halides is 2. The molecular formula is C8H14F2O. The third-order valence-electron chi connectivity index (χ3n) is 2.41. The van der Waals surface area contributed by atoms with Crippen LogP contribution in [-0.4, -0.2) is 12.2 Å². The fraction of sp³-hybridized carbons (Fsp3) is 0.875. The van der Waals surface area contributed by atoms with E-state index >= 15 is 0 Å². The maximum atomic E-state index is 12.4. The minimum atomic E-state index is -2.57. The molecule has 11 heavy (non-hydrogen) atoms. The van der Waals surface area contributed by atoms with Crippen molar-refractivity contribution in [1.29, 1.82) is 0 Å². The Morgan fingerprint density at radius 2 is 1.73 bits per heavy atom. The van der Waals surface area contributed by atoms with E-state index in [1.54, 1.807) is 13.8 Å². The van der Waals surface area contributed by atoms with Gasteiger partial charge in [-0.2, -0.15) is 0 Å². The van der Waals surface area contributed by atoms with Crippen LogP contribution in [0.2, 0.25) is 0 Å². The van der Waals surface area contributed by atoms with Gasteiger partial charge in [0.15, 0.2) is 0 Å². The third kappa shape index (κ3) is 1.76. The van der Waals surface area contributed by atoms with E-state index in [2.05, 4.69) is 0 Å². The first-order valence-electron chi connectivity index (χ1n) is 3.62. The molecule has 3 heteroatoms. The van der Waals surface area contributed by atoms with Gasteiger partial charge in [-0.3, -0.25) is 4.79 Å². The molecule has 0 saturated heterocycles. The van der Waals surface area contributed by atoms with Crippen molar-refractivity contribution in [3.63, 3.8) is 0 Å². The Hall–Kier alpha value is -0.470. The summed E-state index contributed by atoms with van der Waals surface area (Å²) in [4.78, 5) is 10.9. The molecule has 0 aliphatic carbocycles. The fourth-order valence-electron chi connectivity index (χ4n) is 0.812. The second-order valence-corrected chi connectivity index (χ2v) is 3.29. The first-order valence-corrected chi connectivity index (χ1v) is 3.62. The van der Waals surface area contributed by atoms with E-state index in [0.29, 0.717) is 0 Å². The molecule has 1 nitrogen and oxygen atoms in total. The minimum Gasteiger partial charge on any atom is -0.299 e. The average molecular weight is 164 g/mol.